The SMILES string of the molecule is CC(C)[Si](Oc1cc(Br)cc(NCC#C[Si](C)(C)C)c1)(C(C)C)C(C)C. The lowest BCUT2D eigenvalue weighted by atomic mass is 10.3. The van der Waals surface area contributed by atoms with Gasteiger partial charge in [-0.3, -0.25) is 0 Å². The summed E-state index contributed by atoms with van der Waals surface area (Å²) in [6, 6.07) is 6.30. The maximum Gasteiger partial charge on any atom is 0.258 e. The Kier molecular flexibility index (Phi) is 8.51. The Morgan fingerprint density at radius 1 is 0.962 bits per heavy atom. The highest BCUT2D eigenvalue weighted by atomic mass is 79.9. The molecule has 0 aliphatic rings. The van der Waals surface area contributed by atoms with Crippen molar-refractivity contribution in [3.8, 4) is 17.2 Å². The third-order valence-corrected chi connectivity index (χ3v) is 12.1. The van der Waals surface area contributed by atoms with Gasteiger partial charge in [0.05, 0.1) is 6.54 Å². The van der Waals surface area contributed by atoms with Gasteiger partial charge in [-0.1, -0.05) is 83.0 Å². The van der Waals surface area contributed by atoms with E-state index in [0.29, 0.717) is 23.2 Å². The standard InChI is InChI=1S/C21H36BrNOSi2/c1-16(2)26(17(3)4,18(5)6)24-21-14-19(22)13-20(15-21)23-11-10-12-25(7,8)9/h13-18,23H,11H2,1-9H3. The lowest BCUT2D eigenvalue weighted by Crippen LogP contribution is -2.50. The lowest BCUT2D eigenvalue weighted by Gasteiger charge is -2.42. The van der Waals surface area contributed by atoms with Gasteiger partial charge in [0.25, 0.3) is 8.32 Å². The number of rotatable bonds is 7. The number of benzene rings is 1. The average Bonchev–Trinajstić information content (AvgIpc) is 2.46. The topological polar surface area (TPSA) is 21.3 Å². The van der Waals surface area contributed by atoms with Gasteiger partial charge in [-0.05, 0) is 28.8 Å². The number of hydrogen-bond acceptors (Lipinski definition) is 2. The van der Waals surface area contributed by atoms with Crippen LogP contribution < -0.4 is 9.74 Å². The summed E-state index contributed by atoms with van der Waals surface area (Å²) in [7, 11) is -3.26. The average molecular weight is 455 g/mol. The lowest BCUT2D eigenvalue weighted by molar-refractivity contribution is 0.479. The van der Waals surface area contributed by atoms with Gasteiger partial charge >= 0.3 is 0 Å². The van der Waals surface area contributed by atoms with Crippen LogP contribution in [0.15, 0.2) is 22.7 Å². The molecule has 0 fully saturated rings. The van der Waals surface area contributed by atoms with Crippen LogP contribution in [0.4, 0.5) is 5.69 Å². The fraction of sp³-hybridized carbons (Fsp3) is 0.619. The van der Waals surface area contributed by atoms with Crippen molar-refractivity contribution in [3.63, 3.8) is 0 Å². The second-order valence-corrected chi connectivity index (χ2v) is 20.0. The molecule has 2 nitrogen and oxygen atoms in total. The van der Waals surface area contributed by atoms with Gasteiger partial charge in [0.15, 0.2) is 0 Å². The van der Waals surface area contributed by atoms with Crippen LogP contribution in [0.25, 0.3) is 0 Å². The fourth-order valence-electron chi connectivity index (χ4n) is 3.74. The molecule has 1 N–H and O–H groups in total. The van der Waals surface area contributed by atoms with Crippen LogP contribution in [-0.4, -0.2) is 22.9 Å². The summed E-state index contributed by atoms with van der Waals surface area (Å²) in [4.78, 5) is 0. The van der Waals surface area contributed by atoms with Crippen LogP contribution in [0, 0.1) is 11.5 Å². The number of nitrogens with one attached hydrogen (secondary N) is 1. The second-order valence-electron chi connectivity index (χ2n) is 9.00. The molecule has 1 rings (SSSR count). The van der Waals surface area contributed by atoms with E-state index in [2.05, 4.69) is 112 Å². The quantitative estimate of drug-likeness (QED) is 0.345. The summed E-state index contributed by atoms with van der Waals surface area (Å²) in [5.74, 6) is 4.23. The zero-order valence-corrected chi connectivity index (χ0v) is 21.5. The normalized spacial score (nSPS) is 12.3. The van der Waals surface area contributed by atoms with E-state index in [1.165, 1.54) is 0 Å². The number of anilines is 1. The van der Waals surface area contributed by atoms with E-state index >= 15 is 0 Å². The minimum absolute atomic E-state index is 0.556. The van der Waals surface area contributed by atoms with Crippen LogP contribution in [0.2, 0.25) is 36.3 Å². The summed E-state index contributed by atoms with van der Waals surface area (Å²) in [5, 5.41) is 3.43. The van der Waals surface area contributed by atoms with Crippen molar-refractivity contribution in [3.05, 3.63) is 22.7 Å². The first-order valence-electron chi connectivity index (χ1n) is 9.62. The molecule has 5 heteroatoms. The first kappa shape index (κ1) is 23.3. The zero-order valence-electron chi connectivity index (χ0n) is 18.0. The van der Waals surface area contributed by atoms with Gasteiger partial charge in [0.1, 0.15) is 13.8 Å². The van der Waals surface area contributed by atoms with Crippen molar-refractivity contribution in [1.29, 1.82) is 0 Å². The maximum absolute atomic E-state index is 6.81. The molecule has 0 amide bonds. The summed E-state index contributed by atoms with van der Waals surface area (Å²) >= 11 is 3.64. The Balaban J connectivity index is 3.06. The first-order valence-corrected chi connectivity index (χ1v) is 16.0. The Morgan fingerprint density at radius 2 is 1.50 bits per heavy atom. The molecule has 0 saturated carbocycles. The van der Waals surface area contributed by atoms with Crippen molar-refractivity contribution in [2.45, 2.75) is 77.8 Å². The highest BCUT2D eigenvalue weighted by Gasteiger charge is 2.47. The Bertz CT molecular complexity index is 632. The molecule has 146 valence electrons. The number of halogens is 1. The molecule has 0 bridgehead atoms. The molecule has 0 aromatic heterocycles. The molecule has 0 radical (unpaired) electrons. The van der Waals surface area contributed by atoms with Crippen LogP contribution >= 0.6 is 15.9 Å². The first-order chi connectivity index (χ1) is 11.9. The smallest absolute Gasteiger partial charge is 0.258 e. The molecular formula is C21H36BrNOSi2. The van der Waals surface area contributed by atoms with Gasteiger partial charge < -0.3 is 9.74 Å². The molecule has 0 heterocycles. The Hall–Kier alpha value is -0.706. The third-order valence-electron chi connectivity index (χ3n) is 4.72. The van der Waals surface area contributed by atoms with Crippen molar-refractivity contribution >= 4 is 38.0 Å². The van der Waals surface area contributed by atoms with Crippen molar-refractivity contribution in [2.24, 2.45) is 0 Å². The highest BCUT2D eigenvalue weighted by molar-refractivity contribution is 9.10. The van der Waals surface area contributed by atoms with Crippen molar-refractivity contribution in [2.75, 3.05) is 11.9 Å². The van der Waals surface area contributed by atoms with E-state index in [1.807, 2.05) is 0 Å². The van der Waals surface area contributed by atoms with Crippen LogP contribution in [-0.2, 0) is 0 Å². The van der Waals surface area contributed by atoms with Gasteiger partial charge in [-0.2, -0.15) is 0 Å². The molecule has 0 aliphatic carbocycles. The maximum atomic E-state index is 6.81. The monoisotopic (exact) mass is 453 g/mol. The van der Waals surface area contributed by atoms with E-state index in [4.69, 9.17) is 4.43 Å². The van der Waals surface area contributed by atoms with Gasteiger partial charge in [0, 0.05) is 16.2 Å². The van der Waals surface area contributed by atoms with Crippen LogP contribution in [0.5, 0.6) is 5.75 Å². The van der Waals surface area contributed by atoms with Crippen molar-refractivity contribution in [1.82, 2.24) is 0 Å². The molecule has 0 saturated heterocycles. The second kappa shape index (κ2) is 9.48. The minimum atomic E-state index is -1.95. The minimum Gasteiger partial charge on any atom is -0.543 e. The molecule has 0 spiro atoms. The predicted octanol–water partition coefficient (Wildman–Crippen LogP) is 7.30. The van der Waals surface area contributed by atoms with E-state index in [0.717, 1.165) is 15.9 Å². The van der Waals surface area contributed by atoms with Gasteiger partial charge in [-0.25, -0.2) is 0 Å². The molecule has 0 atom stereocenters. The largest absolute Gasteiger partial charge is 0.543 e. The zero-order chi connectivity index (χ0) is 20.1. The van der Waals surface area contributed by atoms with E-state index in [-0.39, 0.29) is 0 Å². The van der Waals surface area contributed by atoms with E-state index in [9.17, 15) is 0 Å². The molecule has 26 heavy (non-hydrogen) atoms. The third kappa shape index (κ3) is 6.47. The molecule has 1 aromatic rings. The Morgan fingerprint density at radius 3 is 1.96 bits per heavy atom. The van der Waals surface area contributed by atoms with E-state index in [1.54, 1.807) is 0 Å². The highest BCUT2D eigenvalue weighted by Crippen LogP contribution is 2.43. The summed E-state index contributed by atoms with van der Waals surface area (Å²) in [5.41, 5.74) is 6.12. The molecule has 0 unspecified atom stereocenters. The summed E-state index contributed by atoms with van der Waals surface area (Å²) < 4.78 is 7.85. The predicted molar refractivity (Wildman–Crippen MR) is 125 cm³/mol. The molecular weight excluding hydrogens is 418 g/mol. The molecule has 1 aromatic carbocycles. The van der Waals surface area contributed by atoms with Crippen molar-refractivity contribution < 1.29 is 4.43 Å². The number of hydrogen-bond donors (Lipinski definition) is 1. The molecule has 0 aliphatic heterocycles. The fourth-order valence-corrected chi connectivity index (χ4v) is 10.1. The Labute approximate surface area is 171 Å². The summed E-state index contributed by atoms with van der Waals surface area (Å²) in [6.45, 7) is 21.3. The van der Waals surface area contributed by atoms with E-state index < -0.39 is 16.4 Å². The van der Waals surface area contributed by atoms with Crippen LogP contribution in [0.3, 0.4) is 0 Å². The van der Waals surface area contributed by atoms with Crippen LogP contribution in [0.1, 0.15) is 41.5 Å². The summed E-state index contributed by atoms with van der Waals surface area (Å²) in [6.07, 6.45) is 0. The van der Waals surface area contributed by atoms with Gasteiger partial charge in [-0.15, -0.1) is 5.54 Å². The van der Waals surface area contributed by atoms with Gasteiger partial charge in [0.2, 0.25) is 0 Å².